The monoisotopic (exact) mass is 540 g/mol. The van der Waals surface area contributed by atoms with Gasteiger partial charge in [-0.2, -0.15) is 0 Å². The zero-order chi connectivity index (χ0) is 27.0. The number of carbonyl (C=O) groups is 1. The summed E-state index contributed by atoms with van der Waals surface area (Å²) < 4.78 is 11.2. The minimum Gasteiger partial charge on any atom is -0.419 e. The van der Waals surface area contributed by atoms with Crippen LogP contribution in [0.5, 0.6) is 0 Å². The molecule has 0 saturated carbocycles. The predicted molar refractivity (Wildman–Crippen MR) is 147 cm³/mol. The summed E-state index contributed by atoms with van der Waals surface area (Å²) in [5.74, 6) is 0.520. The molecule has 0 unspecified atom stereocenters. The van der Waals surface area contributed by atoms with E-state index in [0.717, 1.165) is 29.1 Å². The third-order valence-corrected chi connectivity index (χ3v) is 7.99. The summed E-state index contributed by atoms with van der Waals surface area (Å²) in [6.07, 6.45) is 3.84. The summed E-state index contributed by atoms with van der Waals surface area (Å²) in [6, 6.07) is 17.1. The number of aromatic nitrogens is 4. The van der Waals surface area contributed by atoms with Gasteiger partial charge in [-0.05, 0) is 56.9 Å². The van der Waals surface area contributed by atoms with Gasteiger partial charge in [0.05, 0.1) is 11.6 Å². The van der Waals surface area contributed by atoms with Crippen molar-refractivity contribution in [3.05, 3.63) is 94.0 Å². The smallest absolute Gasteiger partial charge is 0.254 e. The van der Waals surface area contributed by atoms with Crippen LogP contribution in [0.25, 0.3) is 22.7 Å². The minimum absolute atomic E-state index is 0.0405. The molecule has 10 heteroatoms. The van der Waals surface area contributed by atoms with Crippen molar-refractivity contribution in [2.75, 3.05) is 6.54 Å². The van der Waals surface area contributed by atoms with Crippen LogP contribution in [0.15, 0.2) is 75.2 Å². The van der Waals surface area contributed by atoms with E-state index in [1.807, 2.05) is 66.6 Å². The lowest BCUT2D eigenvalue weighted by Gasteiger charge is -2.23. The van der Waals surface area contributed by atoms with Gasteiger partial charge in [-0.1, -0.05) is 35.5 Å². The number of rotatable bonds is 7. The Bertz CT molecular complexity index is 1590. The Morgan fingerprint density at radius 3 is 2.72 bits per heavy atom. The van der Waals surface area contributed by atoms with E-state index in [4.69, 9.17) is 14.7 Å². The summed E-state index contributed by atoms with van der Waals surface area (Å²) in [5.41, 5.74) is 10.2. The first-order valence-corrected chi connectivity index (χ1v) is 13.7. The number of likely N-dealkylation sites (tertiary alicyclic amines) is 1. The second-order valence-electron chi connectivity index (χ2n) is 10.2. The van der Waals surface area contributed by atoms with E-state index in [0.29, 0.717) is 41.2 Å². The number of hydrogen-bond acceptors (Lipinski definition) is 9. The Kier molecular flexibility index (Phi) is 6.58. The molecule has 5 aromatic rings. The van der Waals surface area contributed by atoms with Gasteiger partial charge in [0.2, 0.25) is 11.8 Å². The normalized spacial score (nSPS) is 16.9. The average molecular weight is 541 g/mol. The van der Waals surface area contributed by atoms with E-state index < -0.39 is 5.54 Å². The molecule has 0 spiro atoms. The van der Waals surface area contributed by atoms with E-state index in [9.17, 15) is 4.79 Å². The summed E-state index contributed by atoms with van der Waals surface area (Å²) in [5, 5.41) is 15.7. The fraction of sp³-hybridized carbons (Fsp3) is 0.276. The third kappa shape index (κ3) is 5.13. The van der Waals surface area contributed by atoms with Crippen molar-refractivity contribution < 1.29 is 13.7 Å². The van der Waals surface area contributed by atoms with Gasteiger partial charge in [-0.25, -0.2) is 4.98 Å². The molecular formula is C29H28N6O3S. The number of benzene rings is 2. The van der Waals surface area contributed by atoms with Crippen LogP contribution in [-0.2, 0) is 12.0 Å². The first-order valence-electron chi connectivity index (χ1n) is 12.8. The molecule has 4 heterocycles. The van der Waals surface area contributed by atoms with E-state index in [1.165, 1.54) is 6.26 Å². The highest BCUT2D eigenvalue weighted by atomic mass is 32.1. The molecule has 39 heavy (non-hydrogen) atoms. The highest BCUT2D eigenvalue weighted by Crippen LogP contribution is 2.36. The highest BCUT2D eigenvalue weighted by Gasteiger charge is 2.33. The lowest BCUT2D eigenvalue weighted by molar-refractivity contribution is 0.0735. The van der Waals surface area contributed by atoms with Crippen LogP contribution in [0, 0.1) is 6.92 Å². The molecule has 3 aromatic heterocycles. The van der Waals surface area contributed by atoms with Gasteiger partial charge in [0, 0.05) is 40.4 Å². The molecule has 6 rings (SSSR count). The maximum Gasteiger partial charge on any atom is 0.254 e. The Morgan fingerprint density at radius 1 is 1.15 bits per heavy atom. The Labute approximate surface area is 229 Å². The molecule has 2 atom stereocenters. The number of carbonyl (C=O) groups excluding carboxylic acids is 1. The van der Waals surface area contributed by atoms with Gasteiger partial charge in [0.1, 0.15) is 17.0 Å². The van der Waals surface area contributed by atoms with Crippen molar-refractivity contribution in [2.45, 2.75) is 44.7 Å². The minimum atomic E-state index is -0.871. The average Bonchev–Trinajstić information content (AvgIpc) is 3.74. The first kappa shape index (κ1) is 25.1. The fourth-order valence-corrected chi connectivity index (χ4v) is 5.95. The second kappa shape index (κ2) is 10.2. The molecule has 1 saturated heterocycles. The molecule has 1 aliphatic rings. The Balaban J connectivity index is 1.35. The van der Waals surface area contributed by atoms with Crippen molar-refractivity contribution >= 4 is 17.2 Å². The second-order valence-corrected chi connectivity index (χ2v) is 11.0. The van der Waals surface area contributed by atoms with E-state index in [1.54, 1.807) is 23.5 Å². The molecular weight excluding hydrogens is 512 g/mol. The summed E-state index contributed by atoms with van der Waals surface area (Å²) in [7, 11) is 0. The van der Waals surface area contributed by atoms with Gasteiger partial charge in [0.25, 0.3) is 5.91 Å². The van der Waals surface area contributed by atoms with Gasteiger partial charge in [0.15, 0.2) is 0 Å². The molecule has 1 aliphatic heterocycles. The number of nitrogens with two attached hydrogens (primary N) is 1. The van der Waals surface area contributed by atoms with Crippen molar-refractivity contribution in [1.29, 1.82) is 0 Å². The number of amides is 1. The zero-order valence-corrected chi connectivity index (χ0v) is 22.5. The number of nitrogens with zero attached hydrogens (tertiary/aromatic N) is 5. The number of hydrogen-bond donors (Lipinski definition) is 1. The molecule has 2 N–H and O–H groups in total. The molecule has 0 bridgehead atoms. The fourth-order valence-electron chi connectivity index (χ4n) is 5.01. The van der Waals surface area contributed by atoms with Crippen LogP contribution in [0.1, 0.15) is 58.3 Å². The van der Waals surface area contributed by atoms with Crippen LogP contribution in [-0.4, -0.2) is 37.7 Å². The number of thiazole rings is 1. The maximum atomic E-state index is 13.9. The van der Waals surface area contributed by atoms with Crippen LogP contribution < -0.4 is 5.73 Å². The summed E-state index contributed by atoms with van der Waals surface area (Å²) in [4.78, 5) is 20.4. The highest BCUT2D eigenvalue weighted by molar-refractivity contribution is 7.09. The van der Waals surface area contributed by atoms with Crippen molar-refractivity contribution in [2.24, 2.45) is 5.73 Å². The topological polar surface area (TPSA) is 124 Å². The van der Waals surface area contributed by atoms with Crippen molar-refractivity contribution in [3.8, 4) is 22.7 Å². The largest absolute Gasteiger partial charge is 0.419 e. The number of aryl methyl sites for hydroxylation is 1. The van der Waals surface area contributed by atoms with E-state index >= 15 is 0 Å². The zero-order valence-electron chi connectivity index (χ0n) is 21.7. The Hall–Kier alpha value is -4.15. The molecule has 1 amide bonds. The van der Waals surface area contributed by atoms with Crippen molar-refractivity contribution in [1.82, 2.24) is 25.2 Å². The lowest BCUT2D eigenvalue weighted by Crippen LogP contribution is -2.35. The van der Waals surface area contributed by atoms with Gasteiger partial charge in [-0.15, -0.1) is 21.5 Å². The van der Waals surface area contributed by atoms with Gasteiger partial charge >= 0.3 is 0 Å². The summed E-state index contributed by atoms with van der Waals surface area (Å²) >= 11 is 1.60. The SMILES string of the molecule is Cc1csc([C@H]2CCCN2C(=O)c2cc(-c3ccon3)cc(-c3nnc([C@@](C)(N)Cc4ccccc4)o3)c2)n1. The van der Waals surface area contributed by atoms with Crippen LogP contribution in [0.4, 0.5) is 0 Å². The standard InChI is InChI=1S/C29H28N6O3S/c1-18-17-39-26(31-18)24-9-6-11-35(24)27(36)22-14-20(23-10-12-37-34-23)13-21(15-22)25-32-33-28(38-25)29(2,30)16-19-7-4-3-5-8-19/h3-5,7-8,10,12-15,17,24H,6,9,11,16,30H2,1-2H3/t24-,29+/m1/s1. The lowest BCUT2D eigenvalue weighted by atomic mass is 9.94. The van der Waals surface area contributed by atoms with E-state index in [-0.39, 0.29) is 17.8 Å². The van der Waals surface area contributed by atoms with Crippen LogP contribution in [0.2, 0.25) is 0 Å². The van der Waals surface area contributed by atoms with Gasteiger partial charge in [-0.3, -0.25) is 4.79 Å². The molecule has 0 radical (unpaired) electrons. The van der Waals surface area contributed by atoms with Crippen LogP contribution >= 0.6 is 11.3 Å². The molecule has 2 aromatic carbocycles. The first-order chi connectivity index (χ1) is 18.9. The van der Waals surface area contributed by atoms with Crippen LogP contribution in [0.3, 0.4) is 0 Å². The van der Waals surface area contributed by atoms with Gasteiger partial charge < -0.3 is 19.6 Å². The Morgan fingerprint density at radius 2 is 1.97 bits per heavy atom. The third-order valence-electron chi connectivity index (χ3n) is 6.92. The molecule has 0 aliphatic carbocycles. The summed E-state index contributed by atoms with van der Waals surface area (Å²) in [6.45, 7) is 4.51. The molecule has 198 valence electrons. The molecule has 9 nitrogen and oxygen atoms in total. The quantitative estimate of drug-likeness (QED) is 0.285. The maximum absolute atomic E-state index is 13.9. The molecule has 1 fully saturated rings. The van der Waals surface area contributed by atoms with Crippen molar-refractivity contribution in [3.63, 3.8) is 0 Å². The predicted octanol–water partition coefficient (Wildman–Crippen LogP) is 5.55. The van der Waals surface area contributed by atoms with E-state index in [2.05, 4.69) is 20.3 Å².